The molecule has 0 saturated heterocycles. The summed E-state index contributed by atoms with van der Waals surface area (Å²) in [6.07, 6.45) is 0.267. The van der Waals surface area contributed by atoms with Gasteiger partial charge in [-0.1, -0.05) is 0 Å². The molecule has 0 bridgehead atoms. The van der Waals surface area contributed by atoms with Crippen molar-refractivity contribution < 1.29 is 19.7 Å². The Morgan fingerprint density at radius 1 is 1.13 bits per heavy atom. The Hall–Kier alpha value is -0.340. The van der Waals surface area contributed by atoms with E-state index in [9.17, 15) is 9.90 Å². The van der Waals surface area contributed by atoms with Gasteiger partial charge in [0.2, 0.25) is 0 Å². The minimum atomic E-state index is -1.02. The zero-order chi connectivity index (χ0) is 17.1. The molecule has 0 aliphatic heterocycles. The van der Waals surface area contributed by atoms with Crippen molar-refractivity contribution in [3.8, 4) is 17.2 Å². The molecule has 0 amide bonds. The van der Waals surface area contributed by atoms with E-state index in [4.69, 9.17) is 15.6 Å². The fourth-order valence-electron chi connectivity index (χ4n) is 1.84. The number of rotatable bonds is 5. The lowest BCUT2D eigenvalue weighted by Crippen LogP contribution is -2.32. The van der Waals surface area contributed by atoms with Gasteiger partial charge in [0.25, 0.3) is 0 Å². The standard InChI is InChI=1S/C15H12I3NO4/c16-10-4-8(23-14-2-1-7(20)3-12(14)18)5-11(17)9(10)6-13(19)15(21)22/h1-5,13,20H,6,19H2,(H,21,22)/t13-/m0/s1. The number of phenols is 1. The summed E-state index contributed by atoms with van der Waals surface area (Å²) in [4.78, 5) is 10.9. The Balaban J connectivity index is 2.27. The number of benzene rings is 2. The van der Waals surface area contributed by atoms with Crippen LogP contribution >= 0.6 is 67.8 Å². The molecule has 2 rings (SSSR count). The number of carboxylic acid groups (broad SMARTS) is 1. The van der Waals surface area contributed by atoms with Crippen LogP contribution in [0.1, 0.15) is 5.56 Å². The summed E-state index contributed by atoms with van der Waals surface area (Å²) >= 11 is 6.39. The van der Waals surface area contributed by atoms with E-state index in [1.54, 1.807) is 18.2 Å². The van der Waals surface area contributed by atoms with Crippen LogP contribution in [0, 0.1) is 10.7 Å². The van der Waals surface area contributed by atoms with E-state index in [2.05, 4.69) is 67.8 Å². The largest absolute Gasteiger partial charge is 0.508 e. The Bertz CT molecular complexity index is 728. The molecule has 0 heterocycles. The van der Waals surface area contributed by atoms with Crippen LogP contribution in [0.5, 0.6) is 17.2 Å². The van der Waals surface area contributed by atoms with Crippen LogP contribution in [0.25, 0.3) is 0 Å². The molecule has 0 radical (unpaired) electrons. The van der Waals surface area contributed by atoms with Crippen LogP contribution in [-0.2, 0) is 11.2 Å². The van der Waals surface area contributed by atoms with E-state index in [-0.39, 0.29) is 12.2 Å². The fourth-order valence-corrected chi connectivity index (χ4v) is 4.60. The Morgan fingerprint density at radius 2 is 1.74 bits per heavy atom. The number of hydrogen-bond donors (Lipinski definition) is 3. The first-order valence-electron chi connectivity index (χ1n) is 6.40. The van der Waals surface area contributed by atoms with E-state index >= 15 is 0 Å². The van der Waals surface area contributed by atoms with Crippen molar-refractivity contribution in [1.82, 2.24) is 0 Å². The van der Waals surface area contributed by atoms with Gasteiger partial charge < -0.3 is 20.7 Å². The number of ether oxygens (including phenoxy) is 1. The van der Waals surface area contributed by atoms with Crippen LogP contribution in [0.4, 0.5) is 0 Å². The lowest BCUT2D eigenvalue weighted by Gasteiger charge is -2.14. The molecule has 0 fully saturated rings. The third-order valence-electron chi connectivity index (χ3n) is 3.00. The summed E-state index contributed by atoms with van der Waals surface area (Å²) in [6, 6.07) is 7.64. The maximum atomic E-state index is 10.9. The maximum absolute atomic E-state index is 10.9. The first-order chi connectivity index (χ1) is 10.8. The van der Waals surface area contributed by atoms with Crippen LogP contribution < -0.4 is 10.5 Å². The smallest absolute Gasteiger partial charge is 0.320 e. The highest BCUT2D eigenvalue weighted by atomic mass is 127. The predicted molar refractivity (Wildman–Crippen MR) is 112 cm³/mol. The first-order valence-corrected chi connectivity index (χ1v) is 9.64. The number of hydrogen-bond acceptors (Lipinski definition) is 4. The first kappa shape index (κ1) is 19.0. The SMILES string of the molecule is N[C@@H](Cc1c(I)cc(Oc2ccc(O)cc2I)cc1I)C(=O)O. The lowest BCUT2D eigenvalue weighted by atomic mass is 10.1. The Labute approximate surface area is 174 Å². The molecule has 0 saturated carbocycles. The molecule has 4 N–H and O–H groups in total. The van der Waals surface area contributed by atoms with Crippen molar-refractivity contribution in [1.29, 1.82) is 0 Å². The second-order valence-corrected chi connectivity index (χ2v) is 8.22. The molecule has 1 atom stereocenters. The van der Waals surface area contributed by atoms with Gasteiger partial charge in [-0.05, 0) is 104 Å². The van der Waals surface area contributed by atoms with Crippen molar-refractivity contribution in [2.75, 3.05) is 0 Å². The van der Waals surface area contributed by atoms with Crippen molar-refractivity contribution in [2.45, 2.75) is 12.5 Å². The Morgan fingerprint density at radius 3 is 2.26 bits per heavy atom. The molecule has 0 aliphatic rings. The van der Waals surface area contributed by atoms with Gasteiger partial charge >= 0.3 is 5.97 Å². The average Bonchev–Trinajstić information content (AvgIpc) is 2.45. The molecule has 8 heteroatoms. The molecule has 2 aromatic carbocycles. The maximum Gasteiger partial charge on any atom is 0.320 e. The molecule has 0 aliphatic carbocycles. The van der Waals surface area contributed by atoms with Crippen molar-refractivity contribution >= 4 is 73.7 Å². The Kier molecular flexibility index (Phi) is 6.74. The molecule has 0 aromatic heterocycles. The minimum absolute atomic E-state index is 0.184. The molecule has 0 unspecified atom stereocenters. The van der Waals surface area contributed by atoms with Crippen LogP contribution in [0.3, 0.4) is 0 Å². The number of aromatic hydroxyl groups is 1. The van der Waals surface area contributed by atoms with Crippen molar-refractivity contribution in [3.63, 3.8) is 0 Å². The van der Waals surface area contributed by atoms with Gasteiger partial charge in [0.05, 0.1) is 3.57 Å². The minimum Gasteiger partial charge on any atom is -0.508 e. The van der Waals surface area contributed by atoms with E-state index in [0.29, 0.717) is 11.5 Å². The van der Waals surface area contributed by atoms with Crippen molar-refractivity contribution in [2.24, 2.45) is 5.73 Å². The zero-order valence-electron chi connectivity index (χ0n) is 11.6. The third kappa shape index (κ3) is 5.06. The zero-order valence-corrected chi connectivity index (χ0v) is 18.1. The van der Waals surface area contributed by atoms with E-state index < -0.39 is 12.0 Å². The average molecular weight is 651 g/mol. The monoisotopic (exact) mass is 651 g/mol. The predicted octanol–water partition coefficient (Wildman–Crippen LogP) is 3.95. The number of carbonyl (C=O) groups is 1. The summed E-state index contributed by atoms with van der Waals surface area (Å²) in [5.74, 6) is 0.458. The van der Waals surface area contributed by atoms with E-state index in [1.165, 1.54) is 0 Å². The van der Waals surface area contributed by atoms with Gasteiger partial charge in [0, 0.05) is 13.6 Å². The van der Waals surface area contributed by atoms with Gasteiger partial charge in [-0.3, -0.25) is 4.79 Å². The number of phenolic OH excluding ortho intramolecular Hbond substituents is 1. The van der Waals surface area contributed by atoms with Gasteiger partial charge in [-0.25, -0.2) is 0 Å². The second-order valence-electron chi connectivity index (χ2n) is 4.73. The highest BCUT2D eigenvalue weighted by molar-refractivity contribution is 14.1. The van der Waals surface area contributed by atoms with E-state index in [1.807, 2.05) is 12.1 Å². The molecule has 0 spiro atoms. The summed E-state index contributed by atoms with van der Waals surface area (Å²) < 4.78 is 8.45. The summed E-state index contributed by atoms with van der Waals surface area (Å²) in [5.41, 5.74) is 6.52. The molecule has 23 heavy (non-hydrogen) atoms. The third-order valence-corrected chi connectivity index (χ3v) is 5.77. The number of halogens is 3. The summed E-state index contributed by atoms with van der Waals surface area (Å²) in [5, 5.41) is 18.4. The summed E-state index contributed by atoms with van der Waals surface area (Å²) in [6.45, 7) is 0. The van der Waals surface area contributed by atoms with Crippen molar-refractivity contribution in [3.05, 3.63) is 46.6 Å². The van der Waals surface area contributed by atoms with Gasteiger partial charge in [0.15, 0.2) is 0 Å². The number of carboxylic acids is 1. The topological polar surface area (TPSA) is 92.8 Å². The number of aliphatic carboxylic acids is 1. The highest BCUT2D eigenvalue weighted by Gasteiger charge is 2.17. The fraction of sp³-hybridized carbons (Fsp3) is 0.133. The second kappa shape index (κ2) is 8.16. The van der Waals surface area contributed by atoms with Crippen LogP contribution in [-0.4, -0.2) is 22.2 Å². The molecule has 5 nitrogen and oxygen atoms in total. The summed E-state index contributed by atoms with van der Waals surface area (Å²) in [7, 11) is 0. The molecular weight excluding hydrogens is 639 g/mol. The highest BCUT2D eigenvalue weighted by Crippen LogP contribution is 2.33. The normalized spacial score (nSPS) is 12.0. The molecular formula is C15H12I3NO4. The van der Waals surface area contributed by atoms with Crippen LogP contribution in [0.2, 0.25) is 0 Å². The molecule has 122 valence electrons. The van der Waals surface area contributed by atoms with Gasteiger partial charge in [-0.2, -0.15) is 0 Å². The quantitative estimate of drug-likeness (QED) is 0.427. The van der Waals surface area contributed by atoms with Gasteiger partial charge in [-0.15, -0.1) is 0 Å². The van der Waals surface area contributed by atoms with Gasteiger partial charge in [0.1, 0.15) is 23.3 Å². The lowest BCUT2D eigenvalue weighted by molar-refractivity contribution is -0.138. The number of nitrogens with two attached hydrogens (primary N) is 1. The van der Waals surface area contributed by atoms with E-state index in [0.717, 1.165) is 16.3 Å². The molecule has 2 aromatic rings. The van der Waals surface area contributed by atoms with Crippen LogP contribution in [0.15, 0.2) is 30.3 Å².